The van der Waals surface area contributed by atoms with Crippen LogP contribution in [0.1, 0.15) is 26.5 Å². The van der Waals surface area contributed by atoms with Gasteiger partial charge in [-0.25, -0.2) is 0 Å². The smallest absolute Gasteiger partial charge is 0.264 e. The number of pyridine rings is 1. The van der Waals surface area contributed by atoms with Crippen LogP contribution in [0, 0.1) is 6.92 Å². The second kappa shape index (κ2) is 9.20. The lowest BCUT2D eigenvalue weighted by Crippen LogP contribution is -2.48. The second-order valence-corrected chi connectivity index (χ2v) is 8.17. The third kappa shape index (κ3) is 5.02. The number of benzene rings is 1. The highest BCUT2D eigenvalue weighted by atomic mass is 32.1. The third-order valence-electron chi connectivity index (χ3n) is 5.12. The number of rotatable bonds is 6. The molecule has 29 heavy (non-hydrogen) atoms. The first kappa shape index (κ1) is 19.6. The minimum absolute atomic E-state index is 0.120. The van der Waals surface area contributed by atoms with Crippen LogP contribution in [0.2, 0.25) is 0 Å². The summed E-state index contributed by atoms with van der Waals surface area (Å²) in [6.45, 7) is 6.59. The van der Waals surface area contributed by atoms with Gasteiger partial charge in [-0.2, -0.15) is 0 Å². The summed E-state index contributed by atoms with van der Waals surface area (Å²) in [5.74, 6) is 1.00. The van der Waals surface area contributed by atoms with Gasteiger partial charge in [-0.1, -0.05) is 24.3 Å². The first-order valence-electron chi connectivity index (χ1n) is 9.86. The van der Waals surface area contributed by atoms with Crippen molar-refractivity contribution in [2.45, 2.75) is 20.1 Å². The van der Waals surface area contributed by atoms with Gasteiger partial charge < -0.3 is 9.64 Å². The lowest BCUT2D eigenvalue weighted by molar-refractivity contribution is 0.0631. The van der Waals surface area contributed by atoms with E-state index in [0.717, 1.165) is 60.2 Å². The van der Waals surface area contributed by atoms with Gasteiger partial charge in [-0.05, 0) is 42.1 Å². The van der Waals surface area contributed by atoms with E-state index in [9.17, 15) is 4.79 Å². The summed E-state index contributed by atoms with van der Waals surface area (Å²) < 4.78 is 5.90. The van der Waals surface area contributed by atoms with Crippen molar-refractivity contribution in [2.75, 3.05) is 26.2 Å². The molecule has 0 radical (unpaired) electrons. The van der Waals surface area contributed by atoms with Crippen molar-refractivity contribution < 1.29 is 9.53 Å². The van der Waals surface area contributed by atoms with E-state index in [1.54, 1.807) is 0 Å². The first-order valence-corrected chi connectivity index (χ1v) is 10.7. The molecule has 1 aromatic carbocycles. The fourth-order valence-corrected chi connectivity index (χ4v) is 4.29. The minimum Gasteiger partial charge on any atom is -0.489 e. The average molecular weight is 408 g/mol. The summed E-state index contributed by atoms with van der Waals surface area (Å²) in [4.78, 5) is 22.3. The zero-order valence-corrected chi connectivity index (χ0v) is 17.4. The van der Waals surface area contributed by atoms with Crippen LogP contribution >= 0.6 is 11.3 Å². The van der Waals surface area contributed by atoms with Crippen molar-refractivity contribution in [3.63, 3.8) is 0 Å². The summed E-state index contributed by atoms with van der Waals surface area (Å²) in [6, 6.07) is 15.9. The molecule has 150 valence electrons. The van der Waals surface area contributed by atoms with Gasteiger partial charge in [0.05, 0.1) is 10.6 Å². The quantitative estimate of drug-likeness (QED) is 0.620. The van der Waals surface area contributed by atoms with Crippen LogP contribution in [-0.4, -0.2) is 46.9 Å². The number of carbonyl (C=O) groups is 1. The van der Waals surface area contributed by atoms with Gasteiger partial charge in [0, 0.05) is 44.5 Å². The molecule has 1 aliphatic rings. The lowest BCUT2D eigenvalue weighted by atomic mass is 10.2. The molecule has 0 bridgehead atoms. The number of aromatic nitrogens is 1. The predicted molar refractivity (Wildman–Crippen MR) is 115 cm³/mol. The third-order valence-corrected chi connectivity index (χ3v) is 6.09. The van der Waals surface area contributed by atoms with Gasteiger partial charge in [0.2, 0.25) is 0 Å². The Labute approximate surface area is 175 Å². The van der Waals surface area contributed by atoms with Crippen molar-refractivity contribution >= 4 is 17.2 Å². The summed E-state index contributed by atoms with van der Waals surface area (Å²) in [5, 5.41) is 2.02. The maximum atomic E-state index is 12.9. The standard InChI is InChI=1S/C23H25N3O2S/c1-18-6-2-3-8-21(18)28-16-19-14-22(29-17-19)23(27)26-12-10-25(11-13-26)15-20-7-4-5-9-24-20/h2-9,14,17H,10-13,15-16H2,1H3. The van der Waals surface area contributed by atoms with E-state index < -0.39 is 0 Å². The van der Waals surface area contributed by atoms with Gasteiger partial charge in [0.1, 0.15) is 12.4 Å². The fraction of sp³-hybridized carbons (Fsp3) is 0.304. The Balaban J connectivity index is 1.29. The molecule has 5 nitrogen and oxygen atoms in total. The number of ether oxygens (including phenoxy) is 1. The molecule has 6 heteroatoms. The van der Waals surface area contributed by atoms with Crippen molar-refractivity contribution in [1.29, 1.82) is 0 Å². The number of nitrogens with zero attached hydrogens (tertiary/aromatic N) is 3. The van der Waals surface area contributed by atoms with Crippen LogP contribution in [0.5, 0.6) is 5.75 Å². The Kier molecular flexibility index (Phi) is 6.22. The Morgan fingerprint density at radius 2 is 1.90 bits per heavy atom. The monoisotopic (exact) mass is 407 g/mol. The van der Waals surface area contributed by atoms with Crippen molar-refractivity contribution in [1.82, 2.24) is 14.8 Å². The molecule has 0 unspecified atom stereocenters. The Bertz CT molecular complexity index is 950. The van der Waals surface area contributed by atoms with Crippen molar-refractivity contribution in [3.8, 4) is 5.75 Å². The van der Waals surface area contributed by atoms with E-state index in [1.807, 2.05) is 71.9 Å². The molecule has 1 fully saturated rings. The number of hydrogen-bond donors (Lipinski definition) is 0. The van der Waals surface area contributed by atoms with Crippen LogP contribution in [0.3, 0.4) is 0 Å². The van der Waals surface area contributed by atoms with Gasteiger partial charge in [-0.15, -0.1) is 11.3 Å². The highest BCUT2D eigenvalue weighted by Crippen LogP contribution is 2.22. The van der Waals surface area contributed by atoms with Crippen molar-refractivity contribution in [3.05, 3.63) is 81.8 Å². The molecule has 0 spiro atoms. The van der Waals surface area contributed by atoms with Crippen LogP contribution in [0.4, 0.5) is 0 Å². The van der Waals surface area contributed by atoms with E-state index in [2.05, 4.69) is 9.88 Å². The summed E-state index contributed by atoms with van der Waals surface area (Å²) in [6.07, 6.45) is 1.83. The Hall–Kier alpha value is -2.70. The second-order valence-electron chi connectivity index (χ2n) is 7.26. The molecule has 0 atom stereocenters. The van der Waals surface area contributed by atoms with Gasteiger partial charge in [-0.3, -0.25) is 14.7 Å². The molecule has 4 rings (SSSR count). The first-order chi connectivity index (χ1) is 14.2. The maximum absolute atomic E-state index is 12.9. The number of piperazine rings is 1. The number of hydrogen-bond acceptors (Lipinski definition) is 5. The molecule has 3 heterocycles. The largest absolute Gasteiger partial charge is 0.489 e. The summed E-state index contributed by atoms with van der Waals surface area (Å²) in [5.41, 5.74) is 3.22. The van der Waals surface area contributed by atoms with Crippen LogP contribution in [-0.2, 0) is 13.2 Å². The van der Waals surface area contributed by atoms with E-state index in [1.165, 1.54) is 11.3 Å². The highest BCUT2D eigenvalue weighted by Gasteiger charge is 2.23. The Morgan fingerprint density at radius 3 is 2.66 bits per heavy atom. The lowest BCUT2D eigenvalue weighted by Gasteiger charge is -2.34. The van der Waals surface area contributed by atoms with E-state index in [-0.39, 0.29) is 5.91 Å². The average Bonchev–Trinajstić information content (AvgIpc) is 3.23. The SMILES string of the molecule is Cc1ccccc1OCc1csc(C(=O)N2CCN(Cc3ccccn3)CC2)c1. The fourth-order valence-electron chi connectivity index (χ4n) is 3.43. The number of thiophene rings is 1. The van der Waals surface area contributed by atoms with E-state index in [4.69, 9.17) is 4.74 Å². The number of carbonyl (C=O) groups excluding carboxylic acids is 1. The zero-order chi connectivity index (χ0) is 20.1. The van der Waals surface area contributed by atoms with Crippen LogP contribution < -0.4 is 4.74 Å². The van der Waals surface area contributed by atoms with E-state index >= 15 is 0 Å². The summed E-state index contributed by atoms with van der Waals surface area (Å²) >= 11 is 1.50. The molecule has 1 aliphatic heterocycles. The zero-order valence-electron chi connectivity index (χ0n) is 16.6. The van der Waals surface area contributed by atoms with Crippen molar-refractivity contribution in [2.24, 2.45) is 0 Å². The van der Waals surface area contributed by atoms with Gasteiger partial charge in [0.25, 0.3) is 5.91 Å². The normalized spacial score (nSPS) is 14.7. The number of para-hydroxylation sites is 1. The molecule has 2 aromatic heterocycles. The minimum atomic E-state index is 0.120. The van der Waals surface area contributed by atoms with E-state index in [0.29, 0.717) is 6.61 Å². The number of aryl methyl sites for hydroxylation is 1. The molecule has 1 saturated heterocycles. The van der Waals surface area contributed by atoms with Crippen LogP contribution in [0.15, 0.2) is 60.1 Å². The summed E-state index contributed by atoms with van der Waals surface area (Å²) in [7, 11) is 0. The molecular weight excluding hydrogens is 382 g/mol. The molecule has 3 aromatic rings. The molecule has 0 aliphatic carbocycles. The maximum Gasteiger partial charge on any atom is 0.264 e. The molecule has 0 N–H and O–H groups in total. The highest BCUT2D eigenvalue weighted by molar-refractivity contribution is 7.12. The number of amides is 1. The van der Waals surface area contributed by atoms with Gasteiger partial charge >= 0.3 is 0 Å². The predicted octanol–water partition coefficient (Wildman–Crippen LogP) is 3.99. The molecule has 1 amide bonds. The molecular formula is C23H25N3O2S. The van der Waals surface area contributed by atoms with Crippen LogP contribution in [0.25, 0.3) is 0 Å². The Morgan fingerprint density at radius 1 is 1.10 bits per heavy atom. The van der Waals surface area contributed by atoms with Gasteiger partial charge in [0.15, 0.2) is 0 Å². The molecule has 0 saturated carbocycles. The topological polar surface area (TPSA) is 45.7 Å².